The number of hydrogen-bond acceptors (Lipinski definition) is 3. The predicted molar refractivity (Wildman–Crippen MR) is 81.3 cm³/mol. The normalized spacial score (nSPS) is 10.7. The zero-order chi connectivity index (χ0) is 14.3. The number of rotatable bonds is 5. The Morgan fingerprint density at radius 2 is 1.95 bits per heavy atom. The topological polar surface area (TPSA) is 55.1 Å². The Hall–Kier alpha value is -1.31. The minimum atomic E-state index is -0.0931. The molecule has 0 saturated carbocycles. The van der Waals surface area contributed by atoms with E-state index in [0.29, 0.717) is 11.4 Å². The molecular weight excluding hydrogens is 256 g/mol. The van der Waals surface area contributed by atoms with Crippen LogP contribution in [0.3, 0.4) is 0 Å². The monoisotopic (exact) mass is 278 g/mol. The van der Waals surface area contributed by atoms with Crippen LogP contribution in [0.25, 0.3) is 0 Å². The first kappa shape index (κ1) is 15.7. The summed E-state index contributed by atoms with van der Waals surface area (Å²) in [5.41, 5.74) is 5.24. The molecular formula is C15H22N2OS. The lowest BCUT2D eigenvalue weighted by molar-refractivity contribution is 0.0892. The van der Waals surface area contributed by atoms with Gasteiger partial charge in [0.15, 0.2) is 0 Å². The van der Waals surface area contributed by atoms with Crippen LogP contribution in [0.15, 0.2) is 12.1 Å². The van der Waals surface area contributed by atoms with E-state index in [1.165, 1.54) is 11.3 Å². The largest absolute Gasteiger partial charge is 0.346 e. The van der Waals surface area contributed by atoms with Gasteiger partial charge in [-0.2, -0.15) is 0 Å². The summed E-state index contributed by atoms with van der Waals surface area (Å²) < 4.78 is 0. The van der Waals surface area contributed by atoms with Crippen LogP contribution in [-0.4, -0.2) is 18.0 Å². The number of nitrogens with two attached hydrogens (primary N) is 1. The number of nitrogens with one attached hydrogen (secondary N) is 1. The van der Waals surface area contributed by atoms with Gasteiger partial charge in [-0.3, -0.25) is 4.79 Å². The van der Waals surface area contributed by atoms with Crippen molar-refractivity contribution in [1.82, 2.24) is 5.32 Å². The molecule has 0 aliphatic heterocycles. The van der Waals surface area contributed by atoms with Gasteiger partial charge in [-0.15, -0.1) is 11.3 Å². The van der Waals surface area contributed by atoms with Crippen molar-refractivity contribution in [2.45, 2.75) is 45.6 Å². The smallest absolute Gasteiger partial charge is 0.261 e. The van der Waals surface area contributed by atoms with Crippen molar-refractivity contribution in [2.75, 3.05) is 6.54 Å². The predicted octanol–water partition coefficient (Wildman–Crippen LogP) is 2.76. The fourth-order valence-corrected chi connectivity index (χ4v) is 2.76. The first-order chi connectivity index (χ1) is 9.10. The molecule has 4 heteroatoms. The van der Waals surface area contributed by atoms with Crippen molar-refractivity contribution < 1.29 is 4.79 Å². The minimum absolute atomic E-state index is 0.00338. The molecule has 3 N–H and O–H groups in total. The molecule has 0 saturated heterocycles. The van der Waals surface area contributed by atoms with Crippen LogP contribution in [0.2, 0.25) is 0 Å². The molecule has 0 spiro atoms. The zero-order valence-electron chi connectivity index (χ0n) is 11.9. The van der Waals surface area contributed by atoms with E-state index in [4.69, 9.17) is 5.73 Å². The summed E-state index contributed by atoms with van der Waals surface area (Å²) in [6.07, 6.45) is 2.82. The molecule has 1 aromatic rings. The third kappa shape index (κ3) is 4.09. The third-order valence-electron chi connectivity index (χ3n) is 3.55. The van der Waals surface area contributed by atoms with Gasteiger partial charge in [-0.25, -0.2) is 0 Å². The molecule has 1 amide bonds. The van der Waals surface area contributed by atoms with Crippen LogP contribution >= 0.6 is 11.3 Å². The Morgan fingerprint density at radius 3 is 2.47 bits per heavy atom. The Labute approximate surface area is 119 Å². The first-order valence-electron chi connectivity index (χ1n) is 6.72. The van der Waals surface area contributed by atoms with Gasteiger partial charge in [-0.05, 0) is 31.4 Å². The number of thiophene rings is 1. The fraction of sp³-hybridized carbons (Fsp3) is 0.533. The highest BCUT2D eigenvalue weighted by molar-refractivity contribution is 7.14. The van der Waals surface area contributed by atoms with E-state index in [9.17, 15) is 4.79 Å². The van der Waals surface area contributed by atoms with Crippen molar-refractivity contribution in [3.63, 3.8) is 0 Å². The van der Waals surface area contributed by atoms with Gasteiger partial charge in [0.1, 0.15) is 0 Å². The van der Waals surface area contributed by atoms with Gasteiger partial charge in [0.05, 0.1) is 16.3 Å². The number of amides is 1. The molecule has 0 aliphatic carbocycles. The summed E-state index contributed by atoms with van der Waals surface area (Å²) in [5, 5.41) is 3.16. The van der Waals surface area contributed by atoms with E-state index in [1.54, 1.807) is 0 Å². The molecule has 0 bridgehead atoms. The Kier molecular flexibility index (Phi) is 6.07. The van der Waals surface area contributed by atoms with Crippen LogP contribution in [0.4, 0.5) is 0 Å². The highest BCUT2D eigenvalue weighted by atomic mass is 32.1. The molecule has 0 aromatic carbocycles. The van der Waals surface area contributed by atoms with Crippen LogP contribution in [-0.2, 0) is 0 Å². The van der Waals surface area contributed by atoms with Crippen LogP contribution in [0.5, 0.6) is 0 Å². The average Bonchev–Trinajstić information content (AvgIpc) is 2.91. The number of hydrogen-bond donors (Lipinski definition) is 2. The van der Waals surface area contributed by atoms with E-state index in [1.807, 2.05) is 12.1 Å². The van der Waals surface area contributed by atoms with Crippen LogP contribution < -0.4 is 11.1 Å². The average molecular weight is 278 g/mol. The van der Waals surface area contributed by atoms with E-state index in [0.717, 1.165) is 24.1 Å². The molecule has 0 aliphatic rings. The van der Waals surface area contributed by atoms with Gasteiger partial charge in [-0.1, -0.05) is 32.6 Å². The van der Waals surface area contributed by atoms with Crippen molar-refractivity contribution in [3.8, 4) is 11.8 Å². The Bertz CT molecular complexity index is 470. The molecule has 104 valence electrons. The second-order valence-electron chi connectivity index (χ2n) is 4.46. The summed E-state index contributed by atoms with van der Waals surface area (Å²) in [7, 11) is 0. The molecule has 3 nitrogen and oxygen atoms in total. The number of carbonyl (C=O) groups is 1. The lowest BCUT2D eigenvalue weighted by atomic mass is 9.90. The van der Waals surface area contributed by atoms with E-state index in [-0.39, 0.29) is 11.4 Å². The van der Waals surface area contributed by atoms with Crippen molar-refractivity contribution in [3.05, 3.63) is 21.9 Å². The summed E-state index contributed by atoms with van der Waals surface area (Å²) in [5.74, 6) is 5.74. The molecule has 0 atom stereocenters. The minimum Gasteiger partial charge on any atom is -0.346 e. The van der Waals surface area contributed by atoms with Gasteiger partial charge in [0, 0.05) is 5.54 Å². The lowest BCUT2D eigenvalue weighted by Gasteiger charge is -2.31. The standard InChI is InChI=1S/C15H22N2OS/c1-4-15(5-2,6-3)17-14(18)13-10-9-12(19-13)8-7-11-16/h9-10H,4-6,11,16H2,1-3H3,(H,17,18). The third-order valence-corrected chi connectivity index (χ3v) is 4.55. The maximum atomic E-state index is 12.3. The van der Waals surface area contributed by atoms with Crippen molar-refractivity contribution in [2.24, 2.45) is 5.73 Å². The quantitative estimate of drug-likeness (QED) is 0.814. The molecule has 0 unspecified atom stereocenters. The molecule has 1 aromatic heterocycles. The van der Waals surface area contributed by atoms with Crippen molar-refractivity contribution >= 4 is 17.2 Å². The summed E-state index contributed by atoms with van der Waals surface area (Å²) in [4.78, 5) is 13.8. The second kappa shape index (κ2) is 7.32. The van der Waals surface area contributed by atoms with Gasteiger partial charge in [0.2, 0.25) is 0 Å². The highest BCUT2D eigenvalue weighted by Crippen LogP contribution is 2.22. The fourth-order valence-electron chi connectivity index (χ4n) is 1.98. The summed E-state index contributed by atoms with van der Waals surface area (Å²) in [6, 6.07) is 3.69. The first-order valence-corrected chi connectivity index (χ1v) is 7.53. The summed E-state index contributed by atoms with van der Waals surface area (Å²) in [6.45, 7) is 6.67. The molecule has 19 heavy (non-hydrogen) atoms. The van der Waals surface area contributed by atoms with Gasteiger partial charge in [0.25, 0.3) is 5.91 Å². The molecule has 0 fully saturated rings. The molecule has 0 radical (unpaired) electrons. The molecule has 1 rings (SSSR count). The maximum Gasteiger partial charge on any atom is 0.261 e. The van der Waals surface area contributed by atoms with E-state index >= 15 is 0 Å². The van der Waals surface area contributed by atoms with Crippen LogP contribution in [0.1, 0.15) is 54.6 Å². The maximum absolute atomic E-state index is 12.3. The Morgan fingerprint density at radius 1 is 1.32 bits per heavy atom. The van der Waals surface area contributed by atoms with E-state index in [2.05, 4.69) is 37.9 Å². The van der Waals surface area contributed by atoms with Crippen molar-refractivity contribution in [1.29, 1.82) is 0 Å². The summed E-state index contributed by atoms with van der Waals surface area (Å²) >= 11 is 1.41. The Balaban J connectivity index is 2.80. The van der Waals surface area contributed by atoms with E-state index < -0.39 is 0 Å². The highest BCUT2D eigenvalue weighted by Gasteiger charge is 2.26. The zero-order valence-corrected chi connectivity index (χ0v) is 12.7. The number of carbonyl (C=O) groups excluding carboxylic acids is 1. The van der Waals surface area contributed by atoms with Gasteiger partial charge < -0.3 is 11.1 Å². The molecule has 1 heterocycles. The van der Waals surface area contributed by atoms with Gasteiger partial charge >= 0.3 is 0 Å². The lowest BCUT2D eigenvalue weighted by Crippen LogP contribution is -2.46. The SMILES string of the molecule is CCC(CC)(CC)NC(=O)c1ccc(C#CCN)s1. The van der Waals surface area contributed by atoms with Crippen LogP contribution in [0, 0.1) is 11.8 Å². The second-order valence-corrected chi connectivity index (χ2v) is 5.55.